The van der Waals surface area contributed by atoms with E-state index < -0.39 is 0 Å². The van der Waals surface area contributed by atoms with Gasteiger partial charge in [-0.25, -0.2) is 4.39 Å². The van der Waals surface area contributed by atoms with E-state index in [9.17, 15) is 4.39 Å². The van der Waals surface area contributed by atoms with E-state index in [4.69, 9.17) is 11.6 Å². The maximum Gasteiger partial charge on any atom is 0.123 e. The van der Waals surface area contributed by atoms with Crippen LogP contribution in [0.4, 0.5) is 10.1 Å². The number of benzene rings is 1. The topological polar surface area (TPSA) is 3.24 Å². The van der Waals surface area contributed by atoms with Gasteiger partial charge in [-0.2, -0.15) is 0 Å². The normalized spacial score (nSPS) is 12.6. The smallest absolute Gasteiger partial charge is 0.123 e. The number of hydrogen-bond acceptors (Lipinski definition) is 1. The van der Waals surface area contributed by atoms with E-state index in [-0.39, 0.29) is 5.82 Å². The molecular weight excluding hydrogens is 225 g/mol. The Balaban J connectivity index is 3.08. The zero-order chi connectivity index (χ0) is 12.1. The Morgan fingerprint density at radius 2 is 2.06 bits per heavy atom. The number of alkyl halides is 1. The van der Waals surface area contributed by atoms with Gasteiger partial charge in [-0.05, 0) is 44.0 Å². The molecule has 0 amide bonds. The molecule has 16 heavy (non-hydrogen) atoms. The predicted molar refractivity (Wildman–Crippen MR) is 68.7 cm³/mol. The van der Waals surface area contributed by atoms with E-state index >= 15 is 0 Å². The Morgan fingerprint density at radius 1 is 1.38 bits per heavy atom. The molecule has 1 aromatic rings. The molecule has 1 aromatic carbocycles. The number of nitrogens with zero attached hydrogens (tertiary/aromatic N) is 1. The van der Waals surface area contributed by atoms with Crippen molar-refractivity contribution in [3.8, 4) is 0 Å². The van der Waals surface area contributed by atoms with Crippen LogP contribution in [0, 0.1) is 5.82 Å². The van der Waals surface area contributed by atoms with Crippen LogP contribution in [0.25, 0.3) is 0 Å². The molecule has 0 aliphatic carbocycles. The van der Waals surface area contributed by atoms with Gasteiger partial charge in [0.15, 0.2) is 0 Å². The number of anilines is 1. The molecule has 0 aliphatic heterocycles. The van der Waals surface area contributed by atoms with E-state index in [1.165, 1.54) is 12.1 Å². The molecule has 0 aliphatic rings. The third kappa shape index (κ3) is 2.88. The summed E-state index contributed by atoms with van der Waals surface area (Å²) in [6.45, 7) is 7.33. The van der Waals surface area contributed by atoms with Crippen molar-refractivity contribution in [2.24, 2.45) is 0 Å². The van der Waals surface area contributed by atoms with Gasteiger partial charge in [-0.1, -0.05) is 6.92 Å². The van der Waals surface area contributed by atoms with Gasteiger partial charge in [-0.3, -0.25) is 0 Å². The third-order valence-electron chi connectivity index (χ3n) is 2.96. The fraction of sp³-hybridized carbons (Fsp3) is 0.538. The van der Waals surface area contributed by atoms with Crippen LogP contribution in [0.15, 0.2) is 18.2 Å². The fourth-order valence-corrected chi connectivity index (χ4v) is 2.10. The minimum atomic E-state index is -0.223. The molecule has 3 heteroatoms. The van der Waals surface area contributed by atoms with Gasteiger partial charge in [0.2, 0.25) is 0 Å². The zero-order valence-electron chi connectivity index (χ0n) is 10.1. The molecule has 1 atom stereocenters. The summed E-state index contributed by atoms with van der Waals surface area (Å²) in [5, 5.41) is 0. The molecule has 0 N–H and O–H groups in total. The Hall–Kier alpha value is -0.760. The van der Waals surface area contributed by atoms with Crippen LogP contribution in [0.5, 0.6) is 0 Å². The van der Waals surface area contributed by atoms with Crippen LogP contribution in [0.1, 0.15) is 32.8 Å². The van der Waals surface area contributed by atoms with Gasteiger partial charge < -0.3 is 4.90 Å². The van der Waals surface area contributed by atoms with Crippen molar-refractivity contribution in [2.75, 3.05) is 11.4 Å². The maximum atomic E-state index is 13.1. The molecule has 0 saturated carbocycles. The highest BCUT2D eigenvalue weighted by Crippen LogP contribution is 2.25. The van der Waals surface area contributed by atoms with Gasteiger partial charge >= 0.3 is 0 Å². The van der Waals surface area contributed by atoms with Crippen LogP contribution >= 0.6 is 11.6 Å². The third-order valence-corrected chi connectivity index (χ3v) is 3.25. The summed E-state index contributed by atoms with van der Waals surface area (Å²) < 4.78 is 13.1. The van der Waals surface area contributed by atoms with E-state index in [0.29, 0.717) is 11.9 Å². The lowest BCUT2D eigenvalue weighted by molar-refractivity contribution is 0.615. The van der Waals surface area contributed by atoms with Crippen molar-refractivity contribution in [3.05, 3.63) is 29.6 Å². The van der Waals surface area contributed by atoms with Crippen molar-refractivity contribution in [2.45, 2.75) is 39.1 Å². The molecule has 90 valence electrons. The largest absolute Gasteiger partial charge is 0.369 e. The van der Waals surface area contributed by atoms with Gasteiger partial charge in [0, 0.05) is 24.2 Å². The van der Waals surface area contributed by atoms with Gasteiger partial charge in [-0.15, -0.1) is 11.6 Å². The van der Waals surface area contributed by atoms with Crippen molar-refractivity contribution in [1.29, 1.82) is 0 Å². The van der Waals surface area contributed by atoms with Crippen LogP contribution in [-0.4, -0.2) is 12.6 Å². The molecule has 0 radical (unpaired) electrons. The second-order valence-corrected chi connectivity index (χ2v) is 4.22. The number of halogens is 2. The molecule has 0 aromatic heterocycles. The highest BCUT2D eigenvalue weighted by Gasteiger charge is 2.14. The maximum absolute atomic E-state index is 13.1. The Bertz CT molecular complexity index is 341. The first-order chi connectivity index (χ1) is 7.63. The number of rotatable bonds is 5. The Morgan fingerprint density at radius 3 is 2.56 bits per heavy atom. The Labute approximate surface area is 102 Å². The number of hydrogen-bond donors (Lipinski definition) is 0. The average molecular weight is 244 g/mol. The first kappa shape index (κ1) is 13.3. The van der Waals surface area contributed by atoms with E-state index in [1.54, 1.807) is 0 Å². The molecule has 1 nitrogen and oxygen atoms in total. The summed E-state index contributed by atoms with van der Waals surface area (Å²) in [4.78, 5) is 2.26. The van der Waals surface area contributed by atoms with Crippen LogP contribution in [0.2, 0.25) is 0 Å². The predicted octanol–water partition coefficient (Wildman–Crippen LogP) is 4.19. The lowest BCUT2D eigenvalue weighted by atomic mass is 10.1. The van der Waals surface area contributed by atoms with Crippen molar-refractivity contribution in [1.82, 2.24) is 0 Å². The van der Waals surface area contributed by atoms with E-state index in [1.807, 2.05) is 6.07 Å². The van der Waals surface area contributed by atoms with Crippen LogP contribution < -0.4 is 4.90 Å². The highest BCUT2D eigenvalue weighted by atomic mass is 35.5. The second kappa shape index (κ2) is 6.09. The molecular formula is C13H19ClFN. The van der Waals surface area contributed by atoms with Crippen molar-refractivity contribution < 1.29 is 4.39 Å². The molecule has 0 fully saturated rings. The first-order valence-corrected chi connectivity index (χ1v) is 6.28. The molecule has 0 spiro atoms. The van der Waals surface area contributed by atoms with Crippen molar-refractivity contribution >= 4 is 17.3 Å². The quantitative estimate of drug-likeness (QED) is 0.701. The van der Waals surface area contributed by atoms with Crippen LogP contribution in [0.3, 0.4) is 0 Å². The lowest BCUT2D eigenvalue weighted by Crippen LogP contribution is -2.33. The summed E-state index contributed by atoms with van der Waals surface area (Å²) in [5.74, 6) is 0.125. The lowest BCUT2D eigenvalue weighted by Gasteiger charge is -2.31. The molecule has 0 bridgehead atoms. The summed E-state index contributed by atoms with van der Waals surface area (Å²) in [6, 6.07) is 5.28. The van der Waals surface area contributed by atoms with Crippen molar-refractivity contribution in [3.63, 3.8) is 0 Å². The standard InChI is InChI=1S/C13H19ClFN/c1-4-10(3)16(5-2)13-7-6-12(15)8-11(13)9-14/h6-8,10H,4-5,9H2,1-3H3. The molecule has 0 saturated heterocycles. The second-order valence-electron chi connectivity index (χ2n) is 3.95. The first-order valence-electron chi connectivity index (χ1n) is 5.75. The average Bonchev–Trinajstić information content (AvgIpc) is 2.31. The monoisotopic (exact) mass is 243 g/mol. The highest BCUT2D eigenvalue weighted by molar-refractivity contribution is 6.17. The minimum Gasteiger partial charge on any atom is -0.369 e. The van der Waals surface area contributed by atoms with E-state index in [0.717, 1.165) is 24.2 Å². The molecule has 1 rings (SSSR count). The van der Waals surface area contributed by atoms with Gasteiger partial charge in [0.1, 0.15) is 5.82 Å². The van der Waals surface area contributed by atoms with Crippen LogP contribution in [-0.2, 0) is 5.88 Å². The molecule has 0 heterocycles. The minimum absolute atomic E-state index is 0.223. The summed E-state index contributed by atoms with van der Waals surface area (Å²) in [7, 11) is 0. The summed E-state index contributed by atoms with van der Waals surface area (Å²) in [6.07, 6.45) is 1.06. The summed E-state index contributed by atoms with van der Waals surface area (Å²) in [5.41, 5.74) is 1.91. The fourth-order valence-electron chi connectivity index (χ4n) is 1.88. The molecule has 1 unspecified atom stereocenters. The van der Waals surface area contributed by atoms with Gasteiger partial charge in [0.25, 0.3) is 0 Å². The Kier molecular flexibility index (Phi) is 5.07. The zero-order valence-corrected chi connectivity index (χ0v) is 10.9. The summed E-state index contributed by atoms with van der Waals surface area (Å²) >= 11 is 5.86. The SMILES string of the molecule is CCC(C)N(CC)c1ccc(F)cc1CCl. The van der Waals surface area contributed by atoms with Gasteiger partial charge in [0.05, 0.1) is 0 Å². The van der Waals surface area contributed by atoms with E-state index in [2.05, 4.69) is 25.7 Å².